The molecule has 1 aliphatic heterocycles. The molecular weight excluding hydrogens is 544 g/mol. The second-order valence-corrected chi connectivity index (χ2v) is 11.7. The standard InChI is InChI=1S/C34H40N4O5/c1-24-10-8-9-13-28(24)36-33(42)35-27-16-14-26(15-17-27)23-30(39)38-21-20-37(19-18-31(40)43-34(2,3)4)32(41)29(38)22-25-11-6-5-7-12-25/h5-17,29H,18-23H2,1-4H3,(H2,35,36,42). The molecule has 9 heteroatoms. The Morgan fingerprint density at radius 3 is 2.21 bits per heavy atom. The molecule has 1 aliphatic rings. The first-order valence-electron chi connectivity index (χ1n) is 14.5. The minimum atomic E-state index is -0.673. The van der Waals surface area contributed by atoms with Gasteiger partial charge in [-0.2, -0.15) is 0 Å². The van der Waals surface area contributed by atoms with Crippen molar-refractivity contribution in [2.45, 2.75) is 58.6 Å². The van der Waals surface area contributed by atoms with Gasteiger partial charge in [-0.3, -0.25) is 14.4 Å². The van der Waals surface area contributed by atoms with Crippen LogP contribution in [0.5, 0.6) is 0 Å². The summed E-state index contributed by atoms with van der Waals surface area (Å²) in [5, 5.41) is 5.64. The lowest BCUT2D eigenvalue weighted by Crippen LogP contribution is -2.60. The maximum absolute atomic E-state index is 13.6. The zero-order valence-electron chi connectivity index (χ0n) is 25.3. The molecule has 0 spiro atoms. The van der Waals surface area contributed by atoms with E-state index in [0.717, 1.165) is 22.4 Å². The van der Waals surface area contributed by atoms with E-state index in [1.54, 1.807) is 34.1 Å². The zero-order chi connectivity index (χ0) is 31.0. The fraction of sp³-hybridized carbons (Fsp3) is 0.353. The molecule has 0 radical (unpaired) electrons. The smallest absolute Gasteiger partial charge is 0.323 e. The van der Waals surface area contributed by atoms with Gasteiger partial charge in [-0.05, 0) is 62.6 Å². The molecule has 0 aliphatic carbocycles. The Labute approximate surface area is 253 Å². The highest BCUT2D eigenvalue weighted by Crippen LogP contribution is 2.20. The monoisotopic (exact) mass is 584 g/mol. The highest BCUT2D eigenvalue weighted by atomic mass is 16.6. The number of para-hydroxylation sites is 1. The highest BCUT2D eigenvalue weighted by Gasteiger charge is 2.37. The lowest BCUT2D eigenvalue weighted by atomic mass is 9.99. The molecule has 0 bridgehead atoms. The van der Waals surface area contributed by atoms with Crippen LogP contribution in [0.4, 0.5) is 16.2 Å². The molecule has 1 atom stereocenters. The van der Waals surface area contributed by atoms with Crippen LogP contribution in [-0.4, -0.2) is 64.9 Å². The molecule has 2 N–H and O–H groups in total. The molecule has 4 rings (SSSR count). The number of benzene rings is 3. The first-order valence-corrected chi connectivity index (χ1v) is 14.5. The first kappa shape index (κ1) is 31.3. The molecule has 1 unspecified atom stereocenters. The molecule has 1 saturated heterocycles. The van der Waals surface area contributed by atoms with Gasteiger partial charge in [-0.25, -0.2) is 4.79 Å². The number of urea groups is 1. The van der Waals surface area contributed by atoms with Crippen molar-refractivity contribution in [1.82, 2.24) is 9.80 Å². The van der Waals surface area contributed by atoms with Crippen molar-refractivity contribution in [2.24, 2.45) is 0 Å². The van der Waals surface area contributed by atoms with Gasteiger partial charge in [0.1, 0.15) is 11.6 Å². The van der Waals surface area contributed by atoms with Crippen molar-refractivity contribution in [1.29, 1.82) is 0 Å². The number of carbonyl (C=O) groups excluding carboxylic acids is 4. The highest BCUT2D eigenvalue weighted by molar-refractivity contribution is 6.00. The van der Waals surface area contributed by atoms with Crippen molar-refractivity contribution < 1.29 is 23.9 Å². The number of amides is 4. The minimum absolute atomic E-state index is 0.0956. The number of esters is 1. The van der Waals surface area contributed by atoms with Crippen LogP contribution in [-0.2, 0) is 32.0 Å². The summed E-state index contributed by atoms with van der Waals surface area (Å²) in [5.41, 5.74) is 3.41. The van der Waals surface area contributed by atoms with Crippen LogP contribution in [0.15, 0.2) is 78.9 Å². The van der Waals surface area contributed by atoms with E-state index in [1.807, 2.05) is 82.3 Å². The zero-order valence-corrected chi connectivity index (χ0v) is 25.3. The van der Waals surface area contributed by atoms with Gasteiger partial charge in [-0.1, -0.05) is 60.7 Å². The number of hydrogen-bond donors (Lipinski definition) is 2. The summed E-state index contributed by atoms with van der Waals surface area (Å²) in [5.74, 6) is -0.686. The second-order valence-electron chi connectivity index (χ2n) is 11.7. The van der Waals surface area contributed by atoms with Gasteiger partial charge in [0.05, 0.1) is 12.8 Å². The minimum Gasteiger partial charge on any atom is -0.460 e. The Bertz CT molecular complexity index is 1430. The summed E-state index contributed by atoms with van der Waals surface area (Å²) in [6, 6.07) is 23.2. The van der Waals surface area contributed by atoms with E-state index in [1.165, 1.54) is 0 Å². The van der Waals surface area contributed by atoms with Crippen molar-refractivity contribution in [3.63, 3.8) is 0 Å². The SMILES string of the molecule is Cc1ccccc1NC(=O)Nc1ccc(CC(=O)N2CCN(CCC(=O)OC(C)(C)C)C(=O)C2Cc2ccccc2)cc1. The maximum atomic E-state index is 13.6. The topological polar surface area (TPSA) is 108 Å². The van der Waals surface area contributed by atoms with E-state index < -0.39 is 11.6 Å². The van der Waals surface area contributed by atoms with E-state index in [2.05, 4.69) is 10.6 Å². The predicted octanol–water partition coefficient (Wildman–Crippen LogP) is 5.20. The summed E-state index contributed by atoms with van der Waals surface area (Å²) in [6.45, 7) is 8.31. The number of anilines is 2. The van der Waals surface area contributed by atoms with Gasteiger partial charge < -0.3 is 25.2 Å². The van der Waals surface area contributed by atoms with Crippen molar-refractivity contribution in [3.05, 3.63) is 95.6 Å². The van der Waals surface area contributed by atoms with E-state index in [-0.39, 0.29) is 43.2 Å². The van der Waals surface area contributed by atoms with Gasteiger partial charge in [0.15, 0.2) is 0 Å². The first-order chi connectivity index (χ1) is 20.5. The largest absolute Gasteiger partial charge is 0.460 e. The second kappa shape index (κ2) is 14.0. The predicted molar refractivity (Wildman–Crippen MR) is 167 cm³/mol. The Balaban J connectivity index is 1.39. The normalized spacial score (nSPS) is 15.2. The Morgan fingerprint density at radius 2 is 1.53 bits per heavy atom. The molecule has 226 valence electrons. The summed E-state index contributed by atoms with van der Waals surface area (Å²) in [4.78, 5) is 55.2. The van der Waals surface area contributed by atoms with Gasteiger partial charge in [0.2, 0.25) is 11.8 Å². The van der Waals surface area contributed by atoms with Gasteiger partial charge >= 0.3 is 12.0 Å². The quantitative estimate of drug-likeness (QED) is 0.337. The number of aryl methyl sites for hydroxylation is 1. The number of piperazine rings is 1. The molecule has 0 saturated carbocycles. The molecular formula is C34H40N4O5. The summed E-state index contributed by atoms with van der Waals surface area (Å²) < 4.78 is 5.41. The van der Waals surface area contributed by atoms with E-state index in [9.17, 15) is 19.2 Å². The van der Waals surface area contributed by atoms with Gasteiger partial charge in [-0.15, -0.1) is 0 Å². The third-order valence-electron chi connectivity index (χ3n) is 7.14. The van der Waals surface area contributed by atoms with Crippen molar-refractivity contribution in [2.75, 3.05) is 30.3 Å². The van der Waals surface area contributed by atoms with E-state index >= 15 is 0 Å². The summed E-state index contributed by atoms with van der Waals surface area (Å²) >= 11 is 0. The number of nitrogens with one attached hydrogen (secondary N) is 2. The van der Waals surface area contributed by atoms with E-state index in [4.69, 9.17) is 4.74 Å². The van der Waals surface area contributed by atoms with Crippen LogP contribution in [0.2, 0.25) is 0 Å². The van der Waals surface area contributed by atoms with Crippen molar-refractivity contribution in [3.8, 4) is 0 Å². The molecule has 43 heavy (non-hydrogen) atoms. The average Bonchev–Trinajstić information content (AvgIpc) is 2.95. The van der Waals surface area contributed by atoms with Crippen LogP contribution < -0.4 is 10.6 Å². The number of hydrogen-bond acceptors (Lipinski definition) is 5. The summed E-state index contributed by atoms with van der Waals surface area (Å²) in [7, 11) is 0. The number of carbonyl (C=O) groups is 4. The Kier molecular flexibility index (Phi) is 10.2. The lowest BCUT2D eigenvalue weighted by molar-refractivity contribution is -0.157. The van der Waals surface area contributed by atoms with Crippen LogP contribution in [0.25, 0.3) is 0 Å². The Hall–Kier alpha value is -4.66. The molecule has 0 aromatic heterocycles. The molecule has 1 heterocycles. The number of nitrogens with zero attached hydrogens (tertiary/aromatic N) is 2. The van der Waals surface area contributed by atoms with Crippen molar-refractivity contribution >= 4 is 35.2 Å². The molecule has 4 amide bonds. The van der Waals surface area contributed by atoms with Crippen LogP contribution >= 0.6 is 0 Å². The lowest BCUT2D eigenvalue weighted by Gasteiger charge is -2.41. The fourth-order valence-corrected chi connectivity index (χ4v) is 4.99. The molecule has 3 aromatic carbocycles. The van der Waals surface area contributed by atoms with Crippen LogP contribution in [0, 0.1) is 6.92 Å². The van der Waals surface area contributed by atoms with Crippen LogP contribution in [0.3, 0.4) is 0 Å². The molecule has 1 fully saturated rings. The summed E-state index contributed by atoms with van der Waals surface area (Å²) in [6.07, 6.45) is 0.595. The molecule has 9 nitrogen and oxygen atoms in total. The Morgan fingerprint density at radius 1 is 0.860 bits per heavy atom. The third-order valence-corrected chi connectivity index (χ3v) is 7.14. The fourth-order valence-electron chi connectivity index (χ4n) is 4.99. The molecule has 3 aromatic rings. The van der Waals surface area contributed by atoms with E-state index in [0.29, 0.717) is 25.2 Å². The number of ether oxygens (including phenoxy) is 1. The van der Waals surface area contributed by atoms with Gasteiger partial charge in [0, 0.05) is 37.4 Å². The number of rotatable bonds is 9. The third kappa shape index (κ3) is 9.16. The van der Waals surface area contributed by atoms with Crippen LogP contribution in [0.1, 0.15) is 43.9 Å². The average molecular weight is 585 g/mol. The maximum Gasteiger partial charge on any atom is 0.323 e. The van der Waals surface area contributed by atoms with Gasteiger partial charge in [0.25, 0.3) is 0 Å².